The van der Waals surface area contributed by atoms with Crippen LogP contribution in [0.15, 0.2) is 0 Å². The SMILES string of the molecule is CCCC(N)CN(C)C(C)C(C)C. The summed E-state index contributed by atoms with van der Waals surface area (Å²) in [5.41, 5.74) is 5.98. The fourth-order valence-electron chi connectivity index (χ4n) is 1.51. The van der Waals surface area contributed by atoms with E-state index >= 15 is 0 Å². The summed E-state index contributed by atoms with van der Waals surface area (Å²) in [6, 6.07) is 0.971. The van der Waals surface area contributed by atoms with Crippen LogP contribution >= 0.6 is 0 Å². The quantitative estimate of drug-likeness (QED) is 0.688. The van der Waals surface area contributed by atoms with Crippen LogP contribution in [0, 0.1) is 5.92 Å². The Labute approximate surface area is 83.5 Å². The average molecular weight is 186 g/mol. The molecule has 0 aromatic heterocycles. The van der Waals surface area contributed by atoms with Gasteiger partial charge in [-0.15, -0.1) is 0 Å². The van der Waals surface area contributed by atoms with E-state index in [0.717, 1.165) is 13.0 Å². The molecule has 0 heterocycles. The lowest BCUT2D eigenvalue weighted by molar-refractivity contribution is 0.194. The van der Waals surface area contributed by atoms with Gasteiger partial charge in [-0.1, -0.05) is 27.2 Å². The molecule has 2 unspecified atom stereocenters. The van der Waals surface area contributed by atoms with E-state index in [4.69, 9.17) is 5.73 Å². The van der Waals surface area contributed by atoms with Crippen LogP contribution in [-0.4, -0.2) is 30.6 Å². The lowest BCUT2D eigenvalue weighted by Crippen LogP contribution is -2.41. The molecule has 0 rings (SSSR count). The van der Waals surface area contributed by atoms with Crippen molar-refractivity contribution >= 4 is 0 Å². The van der Waals surface area contributed by atoms with Gasteiger partial charge in [0.15, 0.2) is 0 Å². The highest BCUT2D eigenvalue weighted by molar-refractivity contribution is 4.72. The second kappa shape index (κ2) is 6.39. The number of rotatable bonds is 6. The van der Waals surface area contributed by atoms with E-state index in [9.17, 15) is 0 Å². The molecule has 2 N–H and O–H groups in total. The van der Waals surface area contributed by atoms with Gasteiger partial charge >= 0.3 is 0 Å². The summed E-state index contributed by atoms with van der Waals surface area (Å²) in [4.78, 5) is 2.37. The molecule has 0 amide bonds. The van der Waals surface area contributed by atoms with Crippen LogP contribution < -0.4 is 5.73 Å². The van der Waals surface area contributed by atoms with Crippen LogP contribution in [0.3, 0.4) is 0 Å². The molecular formula is C11H26N2. The highest BCUT2D eigenvalue weighted by Gasteiger charge is 2.14. The van der Waals surface area contributed by atoms with Crippen LogP contribution in [0.4, 0.5) is 0 Å². The van der Waals surface area contributed by atoms with Gasteiger partial charge in [-0.2, -0.15) is 0 Å². The van der Waals surface area contributed by atoms with Crippen LogP contribution in [-0.2, 0) is 0 Å². The molecule has 0 saturated carbocycles. The fraction of sp³-hybridized carbons (Fsp3) is 1.00. The van der Waals surface area contributed by atoms with E-state index in [0.29, 0.717) is 18.0 Å². The third-order valence-corrected chi connectivity index (χ3v) is 2.84. The molecule has 0 aliphatic heterocycles. The van der Waals surface area contributed by atoms with Gasteiger partial charge in [-0.3, -0.25) is 0 Å². The first-order valence-electron chi connectivity index (χ1n) is 5.44. The standard InChI is InChI=1S/C11H26N2/c1-6-7-11(12)8-13(5)10(4)9(2)3/h9-11H,6-8,12H2,1-5H3. The second-order valence-corrected chi connectivity index (χ2v) is 4.47. The van der Waals surface area contributed by atoms with Gasteiger partial charge in [0.25, 0.3) is 0 Å². The van der Waals surface area contributed by atoms with Crippen molar-refractivity contribution in [1.29, 1.82) is 0 Å². The van der Waals surface area contributed by atoms with E-state index < -0.39 is 0 Å². The topological polar surface area (TPSA) is 29.3 Å². The van der Waals surface area contributed by atoms with E-state index in [2.05, 4.69) is 39.6 Å². The van der Waals surface area contributed by atoms with E-state index in [1.165, 1.54) is 6.42 Å². The highest BCUT2D eigenvalue weighted by atomic mass is 15.1. The first-order chi connectivity index (χ1) is 5.99. The molecule has 0 saturated heterocycles. The van der Waals surface area contributed by atoms with Crippen molar-refractivity contribution in [2.24, 2.45) is 11.7 Å². The van der Waals surface area contributed by atoms with Gasteiger partial charge in [-0.05, 0) is 26.3 Å². The molecule has 2 nitrogen and oxygen atoms in total. The van der Waals surface area contributed by atoms with Crippen molar-refractivity contribution in [3.63, 3.8) is 0 Å². The number of likely N-dealkylation sites (N-methyl/N-ethyl adjacent to an activating group) is 1. The Morgan fingerprint density at radius 3 is 2.15 bits per heavy atom. The Bertz CT molecular complexity index is 123. The molecule has 0 aromatic carbocycles. The Kier molecular flexibility index (Phi) is 6.35. The van der Waals surface area contributed by atoms with Crippen molar-refractivity contribution in [3.05, 3.63) is 0 Å². The maximum absolute atomic E-state index is 5.98. The van der Waals surface area contributed by atoms with E-state index in [1.807, 2.05) is 0 Å². The summed E-state index contributed by atoms with van der Waals surface area (Å²) in [6.45, 7) is 9.99. The highest BCUT2D eigenvalue weighted by Crippen LogP contribution is 2.08. The average Bonchev–Trinajstić information content (AvgIpc) is 2.03. The molecular weight excluding hydrogens is 160 g/mol. The van der Waals surface area contributed by atoms with Crippen molar-refractivity contribution in [3.8, 4) is 0 Å². The minimum absolute atomic E-state index is 0.344. The molecule has 2 heteroatoms. The molecule has 0 spiro atoms. The molecule has 0 aromatic rings. The second-order valence-electron chi connectivity index (χ2n) is 4.47. The zero-order valence-electron chi connectivity index (χ0n) is 9.88. The Hall–Kier alpha value is -0.0800. The predicted octanol–water partition coefficient (Wildman–Crippen LogP) is 2.09. The summed E-state index contributed by atoms with van der Waals surface area (Å²) in [6.07, 6.45) is 2.32. The van der Waals surface area contributed by atoms with Crippen molar-refractivity contribution in [2.75, 3.05) is 13.6 Å². The zero-order chi connectivity index (χ0) is 10.4. The summed E-state index contributed by atoms with van der Waals surface area (Å²) < 4.78 is 0. The van der Waals surface area contributed by atoms with Gasteiger partial charge in [-0.25, -0.2) is 0 Å². The predicted molar refractivity (Wildman–Crippen MR) is 59.8 cm³/mol. The molecule has 80 valence electrons. The number of nitrogens with zero attached hydrogens (tertiary/aromatic N) is 1. The third-order valence-electron chi connectivity index (χ3n) is 2.84. The molecule has 0 radical (unpaired) electrons. The maximum atomic E-state index is 5.98. The largest absolute Gasteiger partial charge is 0.327 e. The number of hydrogen-bond donors (Lipinski definition) is 1. The Balaban J connectivity index is 3.77. The Morgan fingerprint density at radius 1 is 1.23 bits per heavy atom. The first kappa shape index (κ1) is 12.9. The minimum Gasteiger partial charge on any atom is -0.327 e. The summed E-state index contributed by atoms with van der Waals surface area (Å²) >= 11 is 0. The normalized spacial score (nSPS) is 16.6. The molecule has 0 bridgehead atoms. The molecule has 2 atom stereocenters. The molecule has 0 fully saturated rings. The van der Waals surface area contributed by atoms with Gasteiger partial charge in [0.1, 0.15) is 0 Å². The molecule has 13 heavy (non-hydrogen) atoms. The number of hydrogen-bond acceptors (Lipinski definition) is 2. The summed E-state index contributed by atoms with van der Waals surface area (Å²) in [5, 5.41) is 0. The van der Waals surface area contributed by atoms with Crippen LogP contribution in [0.5, 0.6) is 0 Å². The van der Waals surface area contributed by atoms with E-state index in [-0.39, 0.29) is 0 Å². The fourth-order valence-corrected chi connectivity index (χ4v) is 1.51. The third kappa shape index (κ3) is 5.27. The first-order valence-corrected chi connectivity index (χ1v) is 5.44. The van der Waals surface area contributed by atoms with Crippen molar-refractivity contribution < 1.29 is 0 Å². The summed E-state index contributed by atoms with van der Waals surface area (Å²) in [5.74, 6) is 0.707. The van der Waals surface area contributed by atoms with Crippen LogP contribution in [0.1, 0.15) is 40.5 Å². The minimum atomic E-state index is 0.344. The number of nitrogens with two attached hydrogens (primary N) is 1. The smallest absolute Gasteiger partial charge is 0.0167 e. The van der Waals surface area contributed by atoms with Gasteiger partial charge in [0.2, 0.25) is 0 Å². The zero-order valence-corrected chi connectivity index (χ0v) is 9.88. The van der Waals surface area contributed by atoms with Gasteiger partial charge in [0.05, 0.1) is 0 Å². The van der Waals surface area contributed by atoms with Crippen LogP contribution in [0.25, 0.3) is 0 Å². The van der Waals surface area contributed by atoms with E-state index in [1.54, 1.807) is 0 Å². The Morgan fingerprint density at radius 2 is 1.77 bits per heavy atom. The van der Waals surface area contributed by atoms with Crippen molar-refractivity contribution in [1.82, 2.24) is 4.90 Å². The van der Waals surface area contributed by atoms with Crippen molar-refractivity contribution in [2.45, 2.75) is 52.6 Å². The molecule has 0 aliphatic carbocycles. The lowest BCUT2D eigenvalue weighted by atomic mass is 10.0. The lowest BCUT2D eigenvalue weighted by Gasteiger charge is -2.30. The van der Waals surface area contributed by atoms with Gasteiger partial charge in [0, 0.05) is 18.6 Å². The molecule has 0 aliphatic rings. The maximum Gasteiger partial charge on any atom is 0.0167 e. The van der Waals surface area contributed by atoms with Gasteiger partial charge < -0.3 is 10.6 Å². The van der Waals surface area contributed by atoms with Crippen LogP contribution in [0.2, 0.25) is 0 Å². The summed E-state index contributed by atoms with van der Waals surface area (Å²) in [7, 11) is 2.17. The monoisotopic (exact) mass is 186 g/mol.